The summed E-state index contributed by atoms with van der Waals surface area (Å²) in [6.45, 7) is 6.36. The van der Waals surface area contributed by atoms with E-state index in [1.165, 1.54) is 5.56 Å². The minimum absolute atomic E-state index is 0.169. The third-order valence-electron chi connectivity index (χ3n) is 5.77. The molecule has 4 rings (SSSR count). The van der Waals surface area contributed by atoms with Gasteiger partial charge in [-0.3, -0.25) is 9.48 Å². The molecule has 0 atom stereocenters. The summed E-state index contributed by atoms with van der Waals surface area (Å²) >= 11 is 0. The van der Waals surface area contributed by atoms with Crippen molar-refractivity contribution in [2.75, 3.05) is 13.1 Å². The van der Waals surface area contributed by atoms with Crippen molar-refractivity contribution in [1.29, 1.82) is 0 Å². The topological polar surface area (TPSA) is 77.1 Å². The third-order valence-corrected chi connectivity index (χ3v) is 5.77. The molecule has 1 fully saturated rings. The van der Waals surface area contributed by atoms with Crippen LogP contribution in [0.25, 0.3) is 11.6 Å². The number of benzene rings is 1. The number of piperidine rings is 1. The Balaban J connectivity index is 1.26. The van der Waals surface area contributed by atoms with Crippen molar-refractivity contribution < 1.29 is 9.21 Å². The molecular weight excluding hydrogens is 378 g/mol. The molecule has 0 saturated carbocycles. The van der Waals surface area contributed by atoms with Gasteiger partial charge >= 0.3 is 0 Å². The van der Waals surface area contributed by atoms with Gasteiger partial charge in [-0.1, -0.05) is 30.3 Å². The van der Waals surface area contributed by atoms with Gasteiger partial charge in [0.1, 0.15) is 5.69 Å². The Morgan fingerprint density at radius 3 is 2.67 bits per heavy atom. The van der Waals surface area contributed by atoms with Gasteiger partial charge in [-0.2, -0.15) is 5.10 Å². The van der Waals surface area contributed by atoms with E-state index >= 15 is 0 Å². The van der Waals surface area contributed by atoms with Crippen molar-refractivity contribution in [3.8, 4) is 11.6 Å². The molecule has 30 heavy (non-hydrogen) atoms. The summed E-state index contributed by atoms with van der Waals surface area (Å²) in [5.41, 5.74) is 3.12. The molecule has 2 aromatic heterocycles. The van der Waals surface area contributed by atoms with Gasteiger partial charge in [0.15, 0.2) is 0 Å². The van der Waals surface area contributed by atoms with Crippen LogP contribution in [0, 0.1) is 12.8 Å². The standard InChI is InChI=1S/C23H29N5O2/c1-3-28-20(15-17(2)26-28)23-25-24-21(30-23)9-10-22(29)27-13-11-19(12-14-27)16-18-7-5-4-6-8-18/h4-8,15,19H,3,9-14,16H2,1-2H3. The maximum Gasteiger partial charge on any atom is 0.265 e. The van der Waals surface area contributed by atoms with Gasteiger partial charge in [-0.15, -0.1) is 10.2 Å². The van der Waals surface area contributed by atoms with E-state index in [-0.39, 0.29) is 5.91 Å². The number of likely N-dealkylation sites (tertiary alicyclic amines) is 1. The summed E-state index contributed by atoms with van der Waals surface area (Å²) in [5.74, 6) is 1.78. The number of hydrogen-bond acceptors (Lipinski definition) is 5. The molecule has 0 aliphatic carbocycles. The molecule has 3 heterocycles. The lowest BCUT2D eigenvalue weighted by molar-refractivity contribution is -0.132. The van der Waals surface area contributed by atoms with Crippen molar-refractivity contribution >= 4 is 5.91 Å². The molecule has 0 unspecified atom stereocenters. The highest BCUT2D eigenvalue weighted by molar-refractivity contribution is 5.76. The average Bonchev–Trinajstić information content (AvgIpc) is 3.39. The predicted octanol–water partition coefficient (Wildman–Crippen LogP) is 3.68. The Bertz CT molecular complexity index is 971. The molecule has 0 N–H and O–H groups in total. The van der Waals surface area contributed by atoms with Crippen LogP contribution in [-0.4, -0.2) is 43.9 Å². The summed E-state index contributed by atoms with van der Waals surface area (Å²) in [5, 5.41) is 12.7. The number of carbonyl (C=O) groups is 1. The normalized spacial score (nSPS) is 14.9. The van der Waals surface area contributed by atoms with E-state index in [0.717, 1.165) is 50.3 Å². The quantitative estimate of drug-likeness (QED) is 0.597. The first kappa shape index (κ1) is 20.3. The second kappa shape index (κ2) is 9.24. The van der Waals surface area contributed by atoms with Crippen LogP contribution < -0.4 is 0 Å². The van der Waals surface area contributed by atoms with E-state index in [9.17, 15) is 4.79 Å². The van der Waals surface area contributed by atoms with Crippen molar-refractivity contribution in [2.24, 2.45) is 5.92 Å². The Labute approximate surface area is 177 Å². The van der Waals surface area contributed by atoms with Crippen LogP contribution in [-0.2, 0) is 24.2 Å². The fourth-order valence-corrected chi connectivity index (χ4v) is 4.12. The van der Waals surface area contributed by atoms with Crippen LogP contribution in [0.3, 0.4) is 0 Å². The van der Waals surface area contributed by atoms with E-state index in [2.05, 4.69) is 45.6 Å². The van der Waals surface area contributed by atoms with Gasteiger partial charge in [-0.25, -0.2) is 0 Å². The molecule has 1 aromatic carbocycles. The summed E-state index contributed by atoms with van der Waals surface area (Å²) < 4.78 is 7.64. The minimum atomic E-state index is 0.169. The van der Waals surface area contributed by atoms with Gasteiger partial charge in [-0.05, 0) is 50.7 Å². The average molecular weight is 408 g/mol. The molecule has 158 valence electrons. The highest BCUT2D eigenvalue weighted by Gasteiger charge is 2.23. The van der Waals surface area contributed by atoms with Gasteiger partial charge in [0.2, 0.25) is 11.8 Å². The molecular formula is C23H29N5O2. The summed E-state index contributed by atoms with van der Waals surface area (Å²) in [7, 11) is 0. The SMILES string of the molecule is CCn1nc(C)cc1-c1nnc(CCC(=O)N2CCC(Cc3ccccc3)CC2)o1. The summed E-state index contributed by atoms with van der Waals surface area (Å²) in [6, 6.07) is 12.5. The molecule has 7 heteroatoms. The highest BCUT2D eigenvalue weighted by atomic mass is 16.4. The zero-order chi connectivity index (χ0) is 20.9. The number of aromatic nitrogens is 4. The lowest BCUT2D eigenvalue weighted by atomic mass is 9.90. The van der Waals surface area contributed by atoms with Gasteiger partial charge in [0.25, 0.3) is 5.89 Å². The Hall–Kier alpha value is -2.96. The molecule has 0 bridgehead atoms. The number of rotatable bonds is 7. The number of carbonyl (C=O) groups excluding carboxylic acids is 1. The number of hydrogen-bond donors (Lipinski definition) is 0. The van der Waals surface area contributed by atoms with E-state index in [1.807, 2.05) is 29.5 Å². The highest BCUT2D eigenvalue weighted by Crippen LogP contribution is 2.23. The summed E-state index contributed by atoms with van der Waals surface area (Å²) in [6.07, 6.45) is 4.09. The van der Waals surface area contributed by atoms with Crippen LogP contribution >= 0.6 is 0 Å². The molecule has 0 spiro atoms. The molecule has 1 aliphatic heterocycles. The number of nitrogens with zero attached hydrogens (tertiary/aromatic N) is 5. The van der Waals surface area contributed by atoms with E-state index < -0.39 is 0 Å². The lowest BCUT2D eigenvalue weighted by Crippen LogP contribution is -2.39. The summed E-state index contributed by atoms with van der Waals surface area (Å²) in [4.78, 5) is 14.6. The largest absolute Gasteiger partial charge is 0.419 e. The predicted molar refractivity (Wildman–Crippen MR) is 114 cm³/mol. The fourth-order valence-electron chi connectivity index (χ4n) is 4.12. The number of amides is 1. The van der Waals surface area contributed by atoms with E-state index in [4.69, 9.17) is 4.42 Å². The molecule has 1 saturated heterocycles. The fraction of sp³-hybridized carbons (Fsp3) is 0.478. The zero-order valence-electron chi connectivity index (χ0n) is 17.8. The molecule has 7 nitrogen and oxygen atoms in total. The second-order valence-corrected chi connectivity index (χ2v) is 8.00. The Morgan fingerprint density at radius 2 is 1.93 bits per heavy atom. The molecule has 3 aromatic rings. The first-order valence-corrected chi connectivity index (χ1v) is 10.8. The maximum atomic E-state index is 12.6. The van der Waals surface area contributed by atoms with Gasteiger partial charge < -0.3 is 9.32 Å². The van der Waals surface area contributed by atoms with Crippen LogP contribution in [0.2, 0.25) is 0 Å². The van der Waals surface area contributed by atoms with Crippen LogP contribution in [0.4, 0.5) is 0 Å². The minimum Gasteiger partial charge on any atom is -0.419 e. The Morgan fingerprint density at radius 1 is 1.17 bits per heavy atom. The first-order valence-electron chi connectivity index (χ1n) is 10.8. The smallest absolute Gasteiger partial charge is 0.265 e. The lowest BCUT2D eigenvalue weighted by Gasteiger charge is -2.32. The van der Waals surface area contributed by atoms with Crippen LogP contribution in [0.5, 0.6) is 0 Å². The molecule has 1 amide bonds. The van der Waals surface area contributed by atoms with E-state index in [0.29, 0.717) is 30.5 Å². The van der Waals surface area contributed by atoms with Crippen molar-refractivity contribution in [3.63, 3.8) is 0 Å². The first-order chi connectivity index (χ1) is 14.6. The monoisotopic (exact) mass is 407 g/mol. The van der Waals surface area contributed by atoms with Crippen molar-refractivity contribution in [1.82, 2.24) is 24.9 Å². The molecule has 0 radical (unpaired) electrons. The Kier molecular flexibility index (Phi) is 6.26. The number of aryl methyl sites for hydroxylation is 3. The second-order valence-electron chi connectivity index (χ2n) is 8.00. The van der Waals surface area contributed by atoms with Gasteiger partial charge in [0.05, 0.1) is 5.69 Å². The third kappa shape index (κ3) is 4.78. The van der Waals surface area contributed by atoms with Gasteiger partial charge in [0, 0.05) is 32.5 Å². The van der Waals surface area contributed by atoms with Crippen molar-refractivity contribution in [2.45, 2.75) is 52.5 Å². The molecule has 1 aliphatic rings. The van der Waals surface area contributed by atoms with Crippen LogP contribution in [0.1, 0.15) is 43.3 Å². The zero-order valence-corrected chi connectivity index (χ0v) is 17.8. The van der Waals surface area contributed by atoms with Crippen molar-refractivity contribution in [3.05, 3.63) is 53.5 Å². The van der Waals surface area contributed by atoms with Crippen LogP contribution in [0.15, 0.2) is 40.8 Å². The van der Waals surface area contributed by atoms with E-state index in [1.54, 1.807) is 0 Å². The maximum absolute atomic E-state index is 12.6.